The predicted molar refractivity (Wildman–Crippen MR) is 129 cm³/mol. The van der Waals surface area contributed by atoms with E-state index in [0.29, 0.717) is 35.8 Å². The summed E-state index contributed by atoms with van der Waals surface area (Å²) in [6.07, 6.45) is 1.82. The van der Waals surface area contributed by atoms with E-state index in [9.17, 15) is 18.0 Å². The van der Waals surface area contributed by atoms with Crippen LogP contribution in [0.15, 0.2) is 53.1 Å². The average Bonchev–Trinajstić information content (AvgIpc) is 3.40. The standard InChI is InChI=1S/C24H27N5O5S/c1-3-35(32,33)28-20-10-5-4-9-19(20)24-27-21(16(2)34-24)13-26-23(31)17-12-22(30)29(14-17)15-18-8-6-7-11-25-18/h4-11,17,28H,3,12-15H2,1-2H3,(H,26,31). The van der Waals surface area contributed by atoms with E-state index in [1.165, 1.54) is 0 Å². The Morgan fingerprint density at radius 3 is 2.71 bits per heavy atom. The van der Waals surface area contributed by atoms with Crippen molar-refractivity contribution in [1.82, 2.24) is 20.2 Å². The monoisotopic (exact) mass is 497 g/mol. The van der Waals surface area contributed by atoms with E-state index < -0.39 is 15.9 Å². The Balaban J connectivity index is 1.40. The molecule has 1 aliphatic heterocycles. The predicted octanol–water partition coefficient (Wildman–Crippen LogP) is 2.47. The largest absolute Gasteiger partial charge is 0.441 e. The number of sulfonamides is 1. The van der Waals surface area contributed by atoms with Crippen LogP contribution in [0.2, 0.25) is 0 Å². The molecule has 11 heteroatoms. The van der Waals surface area contributed by atoms with Crippen molar-refractivity contribution in [1.29, 1.82) is 0 Å². The summed E-state index contributed by atoms with van der Waals surface area (Å²) < 4.78 is 32.4. The number of rotatable bonds is 9. The zero-order chi connectivity index (χ0) is 25.0. The SMILES string of the molecule is CCS(=O)(=O)Nc1ccccc1-c1nc(CNC(=O)C2CC(=O)N(Cc3ccccn3)C2)c(C)o1. The summed E-state index contributed by atoms with van der Waals surface area (Å²) in [4.78, 5) is 35.5. The number of hydrogen-bond donors (Lipinski definition) is 2. The van der Waals surface area contributed by atoms with E-state index in [1.54, 1.807) is 49.2 Å². The van der Waals surface area contributed by atoms with Crippen LogP contribution in [0.4, 0.5) is 5.69 Å². The average molecular weight is 498 g/mol. The zero-order valence-corrected chi connectivity index (χ0v) is 20.3. The summed E-state index contributed by atoms with van der Waals surface area (Å²) >= 11 is 0. The van der Waals surface area contributed by atoms with Crippen LogP contribution in [0.25, 0.3) is 11.5 Å². The molecular formula is C24H27N5O5S. The maximum absolute atomic E-state index is 12.8. The molecule has 0 radical (unpaired) electrons. The van der Waals surface area contributed by atoms with Crippen molar-refractivity contribution in [2.24, 2.45) is 5.92 Å². The summed E-state index contributed by atoms with van der Waals surface area (Å²) in [5.41, 5.74) is 2.16. The van der Waals surface area contributed by atoms with Gasteiger partial charge in [0, 0.05) is 19.2 Å². The molecule has 3 aromatic rings. The van der Waals surface area contributed by atoms with Gasteiger partial charge in [-0.15, -0.1) is 0 Å². The molecule has 4 rings (SSSR count). The molecule has 2 amide bonds. The number of benzene rings is 1. The summed E-state index contributed by atoms with van der Waals surface area (Å²) in [5, 5.41) is 2.85. The fraction of sp³-hybridized carbons (Fsp3) is 0.333. The van der Waals surface area contributed by atoms with Crippen LogP contribution in [-0.4, -0.2) is 47.4 Å². The maximum atomic E-state index is 12.8. The first kappa shape index (κ1) is 24.4. The van der Waals surface area contributed by atoms with E-state index >= 15 is 0 Å². The minimum absolute atomic E-state index is 0.0633. The lowest BCUT2D eigenvalue weighted by Crippen LogP contribution is -2.32. The number of para-hydroxylation sites is 1. The van der Waals surface area contributed by atoms with Crippen LogP contribution in [0.1, 0.15) is 30.5 Å². The van der Waals surface area contributed by atoms with Gasteiger partial charge in [-0.25, -0.2) is 13.4 Å². The van der Waals surface area contributed by atoms with Gasteiger partial charge in [-0.3, -0.25) is 19.3 Å². The fourth-order valence-corrected chi connectivity index (χ4v) is 4.47. The van der Waals surface area contributed by atoms with Crippen LogP contribution in [-0.2, 0) is 32.7 Å². The Morgan fingerprint density at radius 2 is 1.97 bits per heavy atom. The fourth-order valence-electron chi connectivity index (χ4n) is 3.81. The summed E-state index contributed by atoms with van der Waals surface area (Å²) in [7, 11) is -3.48. The van der Waals surface area contributed by atoms with Crippen molar-refractivity contribution >= 4 is 27.5 Å². The van der Waals surface area contributed by atoms with Crippen LogP contribution in [0.5, 0.6) is 0 Å². The molecule has 1 saturated heterocycles. The van der Waals surface area contributed by atoms with Gasteiger partial charge in [-0.2, -0.15) is 0 Å². The van der Waals surface area contributed by atoms with E-state index in [1.807, 2.05) is 18.2 Å². The second-order valence-electron chi connectivity index (χ2n) is 8.29. The second-order valence-corrected chi connectivity index (χ2v) is 10.3. The van der Waals surface area contributed by atoms with Gasteiger partial charge in [0.15, 0.2) is 0 Å². The van der Waals surface area contributed by atoms with Crippen molar-refractivity contribution in [3.63, 3.8) is 0 Å². The van der Waals surface area contributed by atoms with Gasteiger partial charge in [-0.05, 0) is 38.1 Å². The molecule has 0 bridgehead atoms. The van der Waals surface area contributed by atoms with E-state index in [-0.39, 0.29) is 36.4 Å². The number of amides is 2. The molecule has 1 aromatic carbocycles. The highest BCUT2D eigenvalue weighted by atomic mass is 32.2. The third kappa shape index (κ3) is 5.86. The highest BCUT2D eigenvalue weighted by Crippen LogP contribution is 2.29. The Kier molecular flexibility index (Phi) is 7.15. The molecule has 1 unspecified atom stereocenters. The molecule has 1 aliphatic rings. The second kappa shape index (κ2) is 10.3. The molecule has 10 nitrogen and oxygen atoms in total. The van der Waals surface area contributed by atoms with Crippen LogP contribution >= 0.6 is 0 Å². The van der Waals surface area contributed by atoms with E-state index in [4.69, 9.17) is 4.42 Å². The van der Waals surface area contributed by atoms with Crippen LogP contribution < -0.4 is 10.0 Å². The van der Waals surface area contributed by atoms with Gasteiger partial charge in [0.2, 0.25) is 27.7 Å². The highest BCUT2D eigenvalue weighted by molar-refractivity contribution is 7.92. The Bertz CT molecular complexity index is 1320. The lowest BCUT2D eigenvalue weighted by molar-refractivity contribution is -0.129. The number of nitrogens with zero attached hydrogens (tertiary/aromatic N) is 3. The van der Waals surface area contributed by atoms with Gasteiger partial charge >= 0.3 is 0 Å². The smallest absolute Gasteiger partial charge is 0.232 e. The number of carbonyl (C=O) groups excluding carboxylic acids is 2. The van der Waals surface area contributed by atoms with E-state index in [0.717, 1.165) is 5.69 Å². The van der Waals surface area contributed by atoms with Gasteiger partial charge in [0.25, 0.3) is 0 Å². The van der Waals surface area contributed by atoms with Crippen LogP contribution in [0, 0.1) is 12.8 Å². The summed E-state index contributed by atoms with van der Waals surface area (Å²) in [6.45, 7) is 4.11. The van der Waals surface area contributed by atoms with Crippen molar-refractivity contribution in [2.75, 3.05) is 17.0 Å². The number of nitrogens with one attached hydrogen (secondary N) is 2. The number of carbonyl (C=O) groups is 2. The Hall–Kier alpha value is -3.73. The lowest BCUT2D eigenvalue weighted by atomic mass is 10.1. The van der Waals surface area contributed by atoms with Gasteiger partial charge in [0.1, 0.15) is 11.5 Å². The molecule has 184 valence electrons. The quantitative estimate of drug-likeness (QED) is 0.464. The Labute approximate surface area is 203 Å². The van der Waals surface area contributed by atoms with Gasteiger partial charge < -0.3 is 14.6 Å². The summed E-state index contributed by atoms with van der Waals surface area (Å²) in [5.74, 6) is -0.0797. The number of oxazole rings is 1. The molecule has 2 aromatic heterocycles. The minimum Gasteiger partial charge on any atom is -0.441 e. The molecule has 35 heavy (non-hydrogen) atoms. The molecule has 1 atom stereocenters. The molecular weight excluding hydrogens is 470 g/mol. The highest BCUT2D eigenvalue weighted by Gasteiger charge is 2.34. The number of anilines is 1. The molecule has 0 saturated carbocycles. The number of likely N-dealkylation sites (tertiary alicyclic amines) is 1. The number of aryl methyl sites for hydroxylation is 1. The number of hydrogen-bond acceptors (Lipinski definition) is 7. The van der Waals surface area contributed by atoms with Crippen molar-refractivity contribution < 1.29 is 22.4 Å². The normalized spacial score (nSPS) is 15.9. The number of pyridine rings is 1. The van der Waals surface area contributed by atoms with Crippen molar-refractivity contribution in [3.8, 4) is 11.5 Å². The molecule has 2 N–H and O–H groups in total. The first-order chi connectivity index (χ1) is 16.8. The lowest BCUT2D eigenvalue weighted by Gasteiger charge is -2.16. The van der Waals surface area contributed by atoms with Crippen LogP contribution in [0.3, 0.4) is 0 Å². The Morgan fingerprint density at radius 1 is 1.20 bits per heavy atom. The molecule has 3 heterocycles. The first-order valence-electron chi connectivity index (χ1n) is 11.3. The molecule has 0 spiro atoms. The van der Waals surface area contributed by atoms with Gasteiger partial charge in [0.05, 0.1) is 41.7 Å². The van der Waals surface area contributed by atoms with Crippen molar-refractivity contribution in [3.05, 3.63) is 65.8 Å². The van der Waals surface area contributed by atoms with E-state index in [2.05, 4.69) is 20.0 Å². The van der Waals surface area contributed by atoms with Gasteiger partial charge in [-0.1, -0.05) is 18.2 Å². The molecule has 0 aliphatic carbocycles. The number of aromatic nitrogens is 2. The molecule has 1 fully saturated rings. The third-order valence-electron chi connectivity index (χ3n) is 5.79. The summed E-state index contributed by atoms with van der Waals surface area (Å²) in [6, 6.07) is 12.3. The van der Waals surface area contributed by atoms with Crippen molar-refractivity contribution in [2.45, 2.75) is 33.4 Å². The maximum Gasteiger partial charge on any atom is 0.232 e. The topological polar surface area (TPSA) is 134 Å². The zero-order valence-electron chi connectivity index (χ0n) is 19.5. The minimum atomic E-state index is -3.48. The third-order valence-corrected chi connectivity index (χ3v) is 7.08. The first-order valence-corrected chi connectivity index (χ1v) is 12.9.